The molecule has 166 valence electrons. The second-order valence-corrected chi connectivity index (χ2v) is 11.7. The molecule has 4 atom stereocenters. The predicted molar refractivity (Wildman–Crippen MR) is 119 cm³/mol. The second-order valence-electron chi connectivity index (χ2n) is 9.77. The van der Waals surface area contributed by atoms with E-state index in [0.717, 1.165) is 30.5 Å². The Morgan fingerprint density at radius 2 is 1.73 bits per heavy atom. The summed E-state index contributed by atoms with van der Waals surface area (Å²) in [4.78, 5) is 13.2. The zero-order valence-corrected chi connectivity index (χ0v) is 19.2. The molecule has 3 aliphatic rings. The van der Waals surface area contributed by atoms with Crippen molar-refractivity contribution in [3.63, 3.8) is 0 Å². The maximum Gasteiger partial charge on any atom is 0.243 e. The fraction of sp³-hybridized carbons (Fsp3) is 0.696. The van der Waals surface area contributed by atoms with E-state index in [9.17, 15) is 13.2 Å². The Kier molecular flexibility index (Phi) is 6.13. The minimum Gasteiger partial charge on any atom is -0.373 e. The van der Waals surface area contributed by atoms with E-state index in [1.807, 2.05) is 13.0 Å². The number of fused-ring (bicyclic) bond motifs is 1. The summed E-state index contributed by atoms with van der Waals surface area (Å²) in [5.74, 6) is 0.685. The van der Waals surface area contributed by atoms with Crippen molar-refractivity contribution in [2.45, 2.75) is 82.2 Å². The van der Waals surface area contributed by atoms with Crippen LogP contribution in [0.2, 0.25) is 0 Å². The molecule has 0 bridgehead atoms. The number of hydrogen-bond acceptors (Lipinski definition) is 4. The van der Waals surface area contributed by atoms with E-state index < -0.39 is 10.0 Å². The first-order chi connectivity index (χ1) is 14.3. The highest BCUT2D eigenvalue weighted by atomic mass is 32.2. The number of rotatable bonds is 4. The number of anilines is 1. The number of nitrogens with zero attached hydrogens (tertiary/aromatic N) is 1. The Labute approximate surface area is 180 Å². The number of carbonyl (C=O) groups excluding carboxylic acids is 1. The quantitative estimate of drug-likeness (QED) is 0.759. The van der Waals surface area contributed by atoms with Gasteiger partial charge in [-0.3, -0.25) is 4.79 Å². The number of nitrogens with one attached hydrogen (secondary N) is 2. The van der Waals surface area contributed by atoms with Crippen LogP contribution in [0.25, 0.3) is 0 Å². The Balaban J connectivity index is 1.50. The summed E-state index contributed by atoms with van der Waals surface area (Å²) >= 11 is 0. The van der Waals surface area contributed by atoms with E-state index >= 15 is 0 Å². The SMILES string of the molecule is CC1CC(C)CN(S(=O)(=O)c2ccc3c(c2)C(C)C(C(=O)NC2CCCCC2)N3)C1. The van der Waals surface area contributed by atoms with Crippen molar-refractivity contribution in [2.24, 2.45) is 11.8 Å². The zero-order valence-electron chi connectivity index (χ0n) is 18.4. The number of hydrogen-bond donors (Lipinski definition) is 2. The van der Waals surface area contributed by atoms with Gasteiger partial charge in [-0.1, -0.05) is 40.0 Å². The van der Waals surface area contributed by atoms with Gasteiger partial charge in [0.1, 0.15) is 6.04 Å². The van der Waals surface area contributed by atoms with Gasteiger partial charge in [0.05, 0.1) is 4.90 Å². The van der Waals surface area contributed by atoms with Crippen LogP contribution in [-0.4, -0.2) is 43.8 Å². The number of carbonyl (C=O) groups is 1. The van der Waals surface area contributed by atoms with Gasteiger partial charge < -0.3 is 10.6 Å². The van der Waals surface area contributed by atoms with Gasteiger partial charge in [0.15, 0.2) is 0 Å². The maximum atomic E-state index is 13.3. The average Bonchev–Trinajstić information content (AvgIpc) is 3.04. The molecule has 2 N–H and O–H groups in total. The zero-order chi connectivity index (χ0) is 21.5. The van der Waals surface area contributed by atoms with E-state index in [1.165, 1.54) is 19.3 Å². The van der Waals surface area contributed by atoms with Gasteiger partial charge in [0.2, 0.25) is 15.9 Å². The fourth-order valence-corrected chi connectivity index (χ4v) is 7.18. The molecule has 4 unspecified atom stereocenters. The smallest absolute Gasteiger partial charge is 0.243 e. The van der Waals surface area contributed by atoms with Crippen molar-refractivity contribution >= 4 is 21.6 Å². The van der Waals surface area contributed by atoms with Gasteiger partial charge in [-0.05, 0) is 54.9 Å². The first-order valence-electron chi connectivity index (χ1n) is 11.5. The largest absolute Gasteiger partial charge is 0.373 e. The number of amides is 1. The molecular weight excluding hydrogens is 398 g/mol. The van der Waals surface area contributed by atoms with E-state index in [2.05, 4.69) is 24.5 Å². The topological polar surface area (TPSA) is 78.5 Å². The summed E-state index contributed by atoms with van der Waals surface area (Å²) < 4.78 is 28.2. The summed E-state index contributed by atoms with van der Waals surface area (Å²) in [5.41, 5.74) is 1.78. The van der Waals surface area contributed by atoms with Crippen molar-refractivity contribution in [3.8, 4) is 0 Å². The second kappa shape index (κ2) is 8.50. The lowest BCUT2D eigenvalue weighted by molar-refractivity contribution is -0.123. The fourth-order valence-electron chi connectivity index (χ4n) is 5.46. The molecule has 1 saturated heterocycles. The highest BCUT2D eigenvalue weighted by molar-refractivity contribution is 7.89. The van der Waals surface area contributed by atoms with Gasteiger partial charge in [-0.2, -0.15) is 4.31 Å². The molecule has 0 spiro atoms. The molecule has 1 amide bonds. The molecule has 1 aromatic rings. The van der Waals surface area contributed by atoms with Gasteiger partial charge in [-0.25, -0.2) is 8.42 Å². The molecule has 2 fully saturated rings. The first kappa shape index (κ1) is 21.6. The van der Waals surface area contributed by atoms with Crippen molar-refractivity contribution in [3.05, 3.63) is 23.8 Å². The Hall–Kier alpha value is -1.60. The lowest BCUT2D eigenvalue weighted by Gasteiger charge is -2.34. The Bertz CT molecular complexity index is 885. The van der Waals surface area contributed by atoms with Crippen molar-refractivity contribution in [1.82, 2.24) is 9.62 Å². The summed E-state index contributed by atoms with van der Waals surface area (Å²) in [6.07, 6.45) is 6.77. The van der Waals surface area contributed by atoms with Crippen molar-refractivity contribution < 1.29 is 13.2 Å². The molecule has 2 aliphatic heterocycles. The molecule has 2 heterocycles. The molecular formula is C23H35N3O3S. The number of benzene rings is 1. The number of sulfonamides is 1. The molecule has 1 aromatic carbocycles. The van der Waals surface area contributed by atoms with Crippen LogP contribution in [0.4, 0.5) is 5.69 Å². The van der Waals surface area contributed by atoms with Crippen LogP contribution in [0, 0.1) is 11.8 Å². The summed E-state index contributed by atoms with van der Waals surface area (Å²) in [6, 6.07) is 5.20. The van der Waals surface area contributed by atoms with Crippen LogP contribution >= 0.6 is 0 Å². The molecule has 30 heavy (non-hydrogen) atoms. The third kappa shape index (κ3) is 4.24. The van der Waals surface area contributed by atoms with Crippen LogP contribution < -0.4 is 10.6 Å². The maximum absolute atomic E-state index is 13.3. The summed E-state index contributed by atoms with van der Waals surface area (Å²) in [6.45, 7) is 7.38. The van der Waals surface area contributed by atoms with E-state index in [0.29, 0.717) is 29.8 Å². The normalized spacial score (nSPS) is 30.5. The van der Waals surface area contributed by atoms with Crippen LogP contribution in [0.1, 0.15) is 70.8 Å². The van der Waals surface area contributed by atoms with Gasteiger partial charge >= 0.3 is 0 Å². The summed E-state index contributed by atoms with van der Waals surface area (Å²) in [5, 5.41) is 6.53. The summed E-state index contributed by atoms with van der Waals surface area (Å²) in [7, 11) is -3.53. The van der Waals surface area contributed by atoms with Crippen LogP contribution in [-0.2, 0) is 14.8 Å². The third-order valence-corrected chi connectivity index (χ3v) is 8.86. The Morgan fingerprint density at radius 3 is 2.40 bits per heavy atom. The molecule has 1 aliphatic carbocycles. The average molecular weight is 434 g/mol. The van der Waals surface area contributed by atoms with Crippen molar-refractivity contribution in [1.29, 1.82) is 0 Å². The molecule has 4 rings (SSSR count). The van der Waals surface area contributed by atoms with E-state index in [4.69, 9.17) is 0 Å². The number of piperidine rings is 1. The molecule has 7 heteroatoms. The lowest BCUT2D eigenvalue weighted by atomic mass is 9.93. The standard InChI is InChI=1S/C23H35N3O3S/c1-15-11-16(2)14-26(13-15)30(28,29)19-9-10-21-20(12-19)17(3)22(25-21)23(27)24-18-7-5-4-6-8-18/h9-10,12,15-18,22,25H,4-8,11,13-14H2,1-3H3,(H,24,27). The van der Waals surface area contributed by atoms with E-state index in [1.54, 1.807) is 16.4 Å². The van der Waals surface area contributed by atoms with Gasteiger partial charge in [-0.15, -0.1) is 0 Å². The molecule has 1 saturated carbocycles. The minimum absolute atomic E-state index is 0.0219. The Morgan fingerprint density at radius 1 is 1.07 bits per heavy atom. The van der Waals surface area contributed by atoms with Crippen LogP contribution in [0.15, 0.2) is 23.1 Å². The minimum atomic E-state index is -3.53. The lowest BCUT2D eigenvalue weighted by Crippen LogP contribution is -2.45. The van der Waals surface area contributed by atoms with Crippen molar-refractivity contribution in [2.75, 3.05) is 18.4 Å². The third-order valence-electron chi connectivity index (χ3n) is 7.03. The van der Waals surface area contributed by atoms with Gasteiger partial charge in [0.25, 0.3) is 0 Å². The van der Waals surface area contributed by atoms with E-state index in [-0.39, 0.29) is 23.9 Å². The molecule has 0 radical (unpaired) electrons. The predicted octanol–water partition coefficient (Wildman–Crippen LogP) is 3.70. The molecule has 0 aromatic heterocycles. The highest BCUT2D eigenvalue weighted by Gasteiger charge is 2.37. The first-order valence-corrected chi connectivity index (χ1v) is 12.9. The van der Waals surface area contributed by atoms with Gasteiger partial charge in [0, 0.05) is 30.7 Å². The van der Waals surface area contributed by atoms with Crippen LogP contribution in [0.5, 0.6) is 0 Å². The monoisotopic (exact) mass is 433 g/mol. The highest BCUT2D eigenvalue weighted by Crippen LogP contribution is 2.38. The molecule has 6 nitrogen and oxygen atoms in total. The van der Waals surface area contributed by atoms with Crippen LogP contribution in [0.3, 0.4) is 0 Å².